The molecule has 1 aromatic rings. The zero-order valence-corrected chi connectivity index (χ0v) is 12.1. The summed E-state index contributed by atoms with van der Waals surface area (Å²) in [5.41, 5.74) is 0.995. The fourth-order valence-electron chi connectivity index (χ4n) is 2.54. The molecule has 0 spiro atoms. The number of hydrogen-bond donors (Lipinski definition) is 1. The van der Waals surface area contributed by atoms with Crippen molar-refractivity contribution >= 4 is 5.91 Å². The van der Waals surface area contributed by atoms with Gasteiger partial charge < -0.3 is 10.2 Å². The third kappa shape index (κ3) is 4.30. The van der Waals surface area contributed by atoms with Crippen LogP contribution in [0.3, 0.4) is 0 Å². The molecule has 1 N–H and O–H groups in total. The van der Waals surface area contributed by atoms with Crippen LogP contribution in [0.1, 0.15) is 44.2 Å². The second kappa shape index (κ2) is 7.39. The molecule has 1 aromatic carbocycles. The minimum atomic E-state index is -0.235. The summed E-state index contributed by atoms with van der Waals surface area (Å²) >= 11 is 0. The number of amides is 1. The van der Waals surface area contributed by atoms with Gasteiger partial charge in [-0.2, -0.15) is 0 Å². The maximum Gasteiger partial charge on any atom is 0.236 e. The predicted octanol–water partition coefficient (Wildman–Crippen LogP) is 2.88. The summed E-state index contributed by atoms with van der Waals surface area (Å²) in [4.78, 5) is 14.1. The molecule has 1 heterocycles. The number of halogens is 1. The van der Waals surface area contributed by atoms with E-state index in [1.165, 1.54) is 25.0 Å². The first-order chi connectivity index (χ1) is 9.66. The van der Waals surface area contributed by atoms with Crippen molar-refractivity contribution in [2.24, 2.45) is 0 Å². The lowest BCUT2D eigenvalue weighted by Crippen LogP contribution is -2.39. The molecule has 1 aliphatic rings. The Kier molecular flexibility index (Phi) is 5.53. The molecule has 0 saturated carbocycles. The monoisotopic (exact) mass is 278 g/mol. The summed E-state index contributed by atoms with van der Waals surface area (Å²) in [7, 11) is 0. The van der Waals surface area contributed by atoms with Gasteiger partial charge in [-0.25, -0.2) is 4.39 Å². The Hall–Kier alpha value is -1.42. The number of benzene rings is 1. The first-order valence-corrected chi connectivity index (χ1v) is 7.43. The lowest BCUT2D eigenvalue weighted by Gasteiger charge is -2.22. The Bertz CT molecular complexity index is 425. The minimum absolute atomic E-state index is 0.0477. The summed E-state index contributed by atoms with van der Waals surface area (Å²) < 4.78 is 12.9. The summed E-state index contributed by atoms with van der Waals surface area (Å²) in [6, 6.07) is 6.45. The van der Waals surface area contributed by atoms with E-state index < -0.39 is 0 Å². The van der Waals surface area contributed by atoms with E-state index in [4.69, 9.17) is 0 Å². The lowest BCUT2D eigenvalue weighted by atomic mass is 10.1. The smallest absolute Gasteiger partial charge is 0.236 e. The first kappa shape index (κ1) is 15.0. The SMILES string of the molecule is C[C@@H](NCC(=O)N1CCCCCC1)c1ccc(F)cc1. The van der Waals surface area contributed by atoms with Gasteiger partial charge in [0, 0.05) is 19.1 Å². The second-order valence-corrected chi connectivity index (χ2v) is 5.45. The molecule has 20 heavy (non-hydrogen) atoms. The van der Waals surface area contributed by atoms with Crippen molar-refractivity contribution in [3.05, 3.63) is 35.6 Å². The average Bonchev–Trinajstić information content (AvgIpc) is 2.74. The molecule has 1 aliphatic heterocycles. The average molecular weight is 278 g/mol. The van der Waals surface area contributed by atoms with Gasteiger partial charge in [0.1, 0.15) is 5.82 Å². The van der Waals surface area contributed by atoms with Crippen molar-refractivity contribution in [3.63, 3.8) is 0 Å². The molecule has 3 nitrogen and oxygen atoms in total. The van der Waals surface area contributed by atoms with Crippen LogP contribution >= 0.6 is 0 Å². The highest BCUT2D eigenvalue weighted by molar-refractivity contribution is 5.78. The molecule has 0 unspecified atom stereocenters. The number of nitrogens with one attached hydrogen (secondary N) is 1. The number of likely N-dealkylation sites (tertiary alicyclic amines) is 1. The quantitative estimate of drug-likeness (QED) is 0.918. The van der Waals surface area contributed by atoms with Gasteiger partial charge in [-0.1, -0.05) is 25.0 Å². The third-order valence-electron chi connectivity index (χ3n) is 3.89. The molecule has 0 radical (unpaired) electrons. The Morgan fingerprint density at radius 2 is 1.80 bits per heavy atom. The lowest BCUT2D eigenvalue weighted by molar-refractivity contribution is -0.130. The molecule has 1 atom stereocenters. The van der Waals surface area contributed by atoms with Crippen molar-refractivity contribution in [1.82, 2.24) is 10.2 Å². The maximum atomic E-state index is 12.9. The van der Waals surface area contributed by atoms with Crippen LogP contribution in [0.25, 0.3) is 0 Å². The molecule has 4 heteroatoms. The van der Waals surface area contributed by atoms with E-state index in [0.29, 0.717) is 6.54 Å². The molecule has 0 aromatic heterocycles. The third-order valence-corrected chi connectivity index (χ3v) is 3.89. The van der Waals surface area contributed by atoms with E-state index in [0.717, 1.165) is 31.5 Å². The predicted molar refractivity (Wildman–Crippen MR) is 77.9 cm³/mol. The molecule has 0 aliphatic carbocycles. The van der Waals surface area contributed by atoms with Crippen molar-refractivity contribution < 1.29 is 9.18 Å². The van der Waals surface area contributed by atoms with Gasteiger partial charge in [0.15, 0.2) is 0 Å². The van der Waals surface area contributed by atoms with Crippen LogP contribution in [0, 0.1) is 5.82 Å². The highest BCUT2D eigenvalue weighted by Gasteiger charge is 2.16. The Balaban J connectivity index is 1.81. The van der Waals surface area contributed by atoms with Gasteiger partial charge in [0.2, 0.25) is 5.91 Å². The number of carbonyl (C=O) groups is 1. The van der Waals surface area contributed by atoms with E-state index in [9.17, 15) is 9.18 Å². The summed E-state index contributed by atoms with van der Waals surface area (Å²) in [5.74, 6) is -0.0672. The number of hydrogen-bond acceptors (Lipinski definition) is 2. The van der Waals surface area contributed by atoms with Gasteiger partial charge in [-0.15, -0.1) is 0 Å². The molecular weight excluding hydrogens is 255 g/mol. The Morgan fingerprint density at radius 1 is 1.20 bits per heavy atom. The van der Waals surface area contributed by atoms with Crippen LogP contribution in [0.5, 0.6) is 0 Å². The molecule has 1 saturated heterocycles. The number of nitrogens with zero attached hydrogens (tertiary/aromatic N) is 1. The summed E-state index contributed by atoms with van der Waals surface area (Å²) in [6.45, 7) is 4.10. The van der Waals surface area contributed by atoms with Crippen LogP contribution in [0.15, 0.2) is 24.3 Å². The fourth-order valence-corrected chi connectivity index (χ4v) is 2.54. The zero-order valence-electron chi connectivity index (χ0n) is 12.1. The fraction of sp³-hybridized carbons (Fsp3) is 0.562. The normalized spacial score (nSPS) is 17.6. The van der Waals surface area contributed by atoms with Crippen molar-refractivity contribution in [1.29, 1.82) is 0 Å². The zero-order chi connectivity index (χ0) is 14.4. The van der Waals surface area contributed by atoms with Crippen LogP contribution < -0.4 is 5.32 Å². The van der Waals surface area contributed by atoms with Crippen LogP contribution in [-0.2, 0) is 4.79 Å². The van der Waals surface area contributed by atoms with Gasteiger partial charge in [0.25, 0.3) is 0 Å². The highest BCUT2D eigenvalue weighted by atomic mass is 19.1. The van der Waals surface area contributed by atoms with Crippen LogP contribution in [-0.4, -0.2) is 30.4 Å². The van der Waals surface area contributed by atoms with E-state index >= 15 is 0 Å². The van der Waals surface area contributed by atoms with Gasteiger partial charge in [-0.3, -0.25) is 4.79 Å². The van der Waals surface area contributed by atoms with Crippen LogP contribution in [0.4, 0.5) is 4.39 Å². The van der Waals surface area contributed by atoms with Crippen molar-refractivity contribution in [3.8, 4) is 0 Å². The van der Waals surface area contributed by atoms with Crippen molar-refractivity contribution in [2.45, 2.75) is 38.6 Å². The maximum absolute atomic E-state index is 12.9. The summed E-state index contributed by atoms with van der Waals surface area (Å²) in [6.07, 6.45) is 4.67. The van der Waals surface area contributed by atoms with Crippen molar-refractivity contribution in [2.75, 3.05) is 19.6 Å². The standard InChI is InChI=1S/C16H23FN2O/c1-13(14-6-8-15(17)9-7-14)18-12-16(20)19-10-4-2-3-5-11-19/h6-9,13,18H,2-5,10-12H2,1H3/t13-/m1/s1. The van der Waals surface area contributed by atoms with Gasteiger partial charge in [-0.05, 0) is 37.5 Å². The molecule has 1 fully saturated rings. The number of carbonyl (C=O) groups excluding carboxylic acids is 1. The molecule has 2 rings (SSSR count). The highest BCUT2D eigenvalue weighted by Crippen LogP contribution is 2.13. The first-order valence-electron chi connectivity index (χ1n) is 7.43. The van der Waals surface area contributed by atoms with E-state index in [1.807, 2.05) is 11.8 Å². The van der Waals surface area contributed by atoms with E-state index in [-0.39, 0.29) is 17.8 Å². The van der Waals surface area contributed by atoms with E-state index in [1.54, 1.807) is 12.1 Å². The molecule has 1 amide bonds. The largest absolute Gasteiger partial charge is 0.342 e. The minimum Gasteiger partial charge on any atom is -0.342 e. The summed E-state index contributed by atoms with van der Waals surface area (Å²) in [5, 5.41) is 3.22. The van der Waals surface area contributed by atoms with E-state index in [2.05, 4.69) is 5.32 Å². The topological polar surface area (TPSA) is 32.3 Å². The second-order valence-electron chi connectivity index (χ2n) is 5.45. The molecule has 0 bridgehead atoms. The Labute approximate surface area is 120 Å². The Morgan fingerprint density at radius 3 is 2.40 bits per heavy atom. The van der Waals surface area contributed by atoms with Crippen LogP contribution in [0.2, 0.25) is 0 Å². The van der Waals surface area contributed by atoms with Gasteiger partial charge >= 0.3 is 0 Å². The number of rotatable bonds is 4. The molecule has 110 valence electrons. The van der Waals surface area contributed by atoms with Gasteiger partial charge in [0.05, 0.1) is 6.54 Å². The molecular formula is C16H23FN2O.